The van der Waals surface area contributed by atoms with Gasteiger partial charge in [0.05, 0.1) is 7.11 Å². The van der Waals surface area contributed by atoms with Crippen LogP contribution in [0.1, 0.15) is 10.9 Å². The number of nitrogens with one attached hydrogen (secondary N) is 1. The minimum absolute atomic E-state index is 0.188. The molecular formula is C14H13NO2S. The van der Waals surface area contributed by atoms with Crippen molar-refractivity contribution in [1.29, 1.82) is 0 Å². The third kappa shape index (κ3) is 1.99. The minimum atomic E-state index is 0.188. The van der Waals surface area contributed by atoms with Crippen molar-refractivity contribution in [2.75, 3.05) is 12.4 Å². The molecule has 0 radical (unpaired) electrons. The Balaban J connectivity index is 1.84. The molecule has 0 aliphatic carbocycles. The number of phenols is 1. The highest BCUT2D eigenvalue weighted by Gasteiger charge is 2.22. The van der Waals surface area contributed by atoms with Gasteiger partial charge >= 0.3 is 0 Å². The van der Waals surface area contributed by atoms with Gasteiger partial charge in [-0.1, -0.05) is 23.9 Å². The highest BCUT2D eigenvalue weighted by atomic mass is 32.2. The summed E-state index contributed by atoms with van der Waals surface area (Å²) in [5, 5.41) is 13.1. The van der Waals surface area contributed by atoms with Crippen molar-refractivity contribution in [1.82, 2.24) is 0 Å². The summed E-state index contributed by atoms with van der Waals surface area (Å²) in [6, 6.07) is 13.4. The summed E-state index contributed by atoms with van der Waals surface area (Å²) in [5.41, 5.74) is 2.26. The smallest absolute Gasteiger partial charge is 0.118 e. The number of rotatable bonds is 2. The molecule has 2 N–H and O–H groups in total. The van der Waals surface area contributed by atoms with Crippen molar-refractivity contribution in [3.8, 4) is 11.5 Å². The van der Waals surface area contributed by atoms with E-state index in [4.69, 9.17) is 4.74 Å². The van der Waals surface area contributed by atoms with E-state index in [-0.39, 0.29) is 5.37 Å². The van der Waals surface area contributed by atoms with Crippen LogP contribution in [-0.4, -0.2) is 12.2 Å². The molecule has 0 saturated carbocycles. The zero-order chi connectivity index (χ0) is 12.5. The van der Waals surface area contributed by atoms with Gasteiger partial charge in [-0.25, -0.2) is 0 Å². The first-order chi connectivity index (χ1) is 8.76. The molecular weight excluding hydrogens is 246 g/mol. The fourth-order valence-corrected chi connectivity index (χ4v) is 3.13. The summed E-state index contributed by atoms with van der Waals surface area (Å²) >= 11 is 1.70. The first-order valence-corrected chi connectivity index (χ1v) is 6.54. The number of thioether (sulfide) groups is 1. The maximum atomic E-state index is 9.46. The van der Waals surface area contributed by atoms with E-state index in [0.29, 0.717) is 5.75 Å². The van der Waals surface area contributed by atoms with Crippen LogP contribution in [0.4, 0.5) is 5.69 Å². The number of methoxy groups -OCH3 is 1. The average Bonchev–Trinajstić information content (AvgIpc) is 2.81. The van der Waals surface area contributed by atoms with Crippen LogP contribution in [0.25, 0.3) is 0 Å². The molecule has 0 saturated heterocycles. The van der Waals surface area contributed by atoms with Crippen LogP contribution in [0.15, 0.2) is 47.4 Å². The van der Waals surface area contributed by atoms with E-state index in [1.54, 1.807) is 31.0 Å². The Morgan fingerprint density at radius 2 is 1.94 bits per heavy atom. The van der Waals surface area contributed by atoms with E-state index in [1.165, 1.54) is 5.56 Å². The summed E-state index contributed by atoms with van der Waals surface area (Å²) in [6.07, 6.45) is 0. The average molecular weight is 259 g/mol. The van der Waals surface area contributed by atoms with Crippen LogP contribution in [0.3, 0.4) is 0 Å². The highest BCUT2D eigenvalue weighted by molar-refractivity contribution is 8.00. The third-order valence-electron chi connectivity index (χ3n) is 2.92. The quantitative estimate of drug-likeness (QED) is 0.808. The van der Waals surface area contributed by atoms with Crippen LogP contribution in [0.2, 0.25) is 0 Å². The normalized spacial score (nSPS) is 17.1. The van der Waals surface area contributed by atoms with Gasteiger partial charge in [-0.3, -0.25) is 0 Å². The molecule has 92 valence electrons. The summed E-state index contributed by atoms with van der Waals surface area (Å²) < 4.78 is 5.15. The van der Waals surface area contributed by atoms with Crippen molar-refractivity contribution in [3.63, 3.8) is 0 Å². The molecule has 1 aliphatic heterocycles. The molecule has 0 bridgehead atoms. The number of benzene rings is 2. The molecule has 0 spiro atoms. The largest absolute Gasteiger partial charge is 0.508 e. The highest BCUT2D eigenvalue weighted by Crippen LogP contribution is 2.47. The van der Waals surface area contributed by atoms with Crippen LogP contribution < -0.4 is 10.1 Å². The number of anilines is 1. The van der Waals surface area contributed by atoms with Gasteiger partial charge in [0.25, 0.3) is 0 Å². The monoisotopic (exact) mass is 259 g/mol. The van der Waals surface area contributed by atoms with E-state index in [9.17, 15) is 5.11 Å². The van der Waals surface area contributed by atoms with Crippen molar-refractivity contribution < 1.29 is 9.84 Å². The molecule has 3 nitrogen and oxygen atoms in total. The van der Waals surface area contributed by atoms with E-state index in [1.807, 2.05) is 18.2 Å². The van der Waals surface area contributed by atoms with Gasteiger partial charge in [0.15, 0.2) is 0 Å². The lowest BCUT2D eigenvalue weighted by Gasteiger charge is -2.11. The minimum Gasteiger partial charge on any atom is -0.508 e. The van der Waals surface area contributed by atoms with E-state index < -0.39 is 0 Å². The van der Waals surface area contributed by atoms with Crippen molar-refractivity contribution >= 4 is 17.4 Å². The Labute approximate surface area is 110 Å². The lowest BCUT2D eigenvalue weighted by molar-refractivity contribution is 0.414. The zero-order valence-corrected chi connectivity index (χ0v) is 10.7. The topological polar surface area (TPSA) is 41.5 Å². The molecule has 4 heteroatoms. The standard InChI is InChI=1S/C14H13NO2S/c1-17-11-5-2-9(3-6-11)14-15-12-7-4-10(16)8-13(12)18-14/h2-8,14-16H,1H3. The Bertz CT molecular complexity index is 569. The second-order valence-corrected chi connectivity index (χ2v) is 5.24. The molecule has 1 unspecified atom stereocenters. The fraction of sp³-hybridized carbons (Fsp3) is 0.143. The predicted octanol–water partition coefficient (Wildman–Crippen LogP) is 3.62. The van der Waals surface area contributed by atoms with Crippen LogP contribution in [0.5, 0.6) is 11.5 Å². The number of fused-ring (bicyclic) bond motifs is 1. The molecule has 2 aromatic rings. The molecule has 1 atom stereocenters. The fourth-order valence-electron chi connectivity index (χ4n) is 1.96. The maximum Gasteiger partial charge on any atom is 0.118 e. The predicted molar refractivity (Wildman–Crippen MR) is 73.3 cm³/mol. The first kappa shape index (κ1) is 11.3. The van der Waals surface area contributed by atoms with Gasteiger partial charge in [0.2, 0.25) is 0 Å². The van der Waals surface area contributed by atoms with Gasteiger partial charge in [-0.15, -0.1) is 0 Å². The maximum absolute atomic E-state index is 9.46. The van der Waals surface area contributed by atoms with Crippen LogP contribution in [-0.2, 0) is 0 Å². The van der Waals surface area contributed by atoms with Gasteiger partial charge in [-0.2, -0.15) is 0 Å². The summed E-state index contributed by atoms with van der Waals surface area (Å²) in [6.45, 7) is 0. The summed E-state index contributed by atoms with van der Waals surface area (Å²) in [7, 11) is 1.66. The van der Waals surface area contributed by atoms with Gasteiger partial charge in [-0.05, 0) is 35.9 Å². The van der Waals surface area contributed by atoms with E-state index in [2.05, 4.69) is 17.4 Å². The Morgan fingerprint density at radius 1 is 1.17 bits per heavy atom. The molecule has 0 amide bonds. The summed E-state index contributed by atoms with van der Waals surface area (Å²) in [4.78, 5) is 1.08. The van der Waals surface area contributed by atoms with Gasteiger partial charge in [0, 0.05) is 10.6 Å². The Hall–Kier alpha value is -1.81. The van der Waals surface area contributed by atoms with E-state index in [0.717, 1.165) is 16.3 Å². The number of aromatic hydroxyl groups is 1. The van der Waals surface area contributed by atoms with Gasteiger partial charge < -0.3 is 15.2 Å². The Kier molecular flexibility index (Phi) is 2.80. The number of phenolic OH excluding ortho intramolecular Hbond substituents is 1. The molecule has 2 aromatic carbocycles. The lowest BCUT2D eigenvalue weighted by Crippen LogP contribution is -2.00. The van der Waals surface area contributed by atoms with Crippen molar-refractivity contribution in [2.45, 2.75) is 10.3 Å². The Morgan fingerprint density at radius 3 is 2.67 bits per heavy atom. The SMILES string of the molecule is COc1ccc(C2Nc3ccc(O)cc3S2)cc1. The van der Waals surface area contributed by atoms with Gasteiger partial charge in [0.1, 0.15) is 16.9 Å². The molecule has 3 rings (SSSR count). The molecule has 1 aliphatic rings. The first-order valence-electron chi connectivity index (χ1n) is 5.66. The molecule has 18 heavy (non-hydrogen) atoms. The molecule has 0 fully saturated rings. The van der Waals surface area contributed by atoms with Crippen LogP contribution in [0, 0.1) is 0 Å². The zero-order valence-electron chi connectivity index (χ0n) is 9.88. The lowest BCUT2D eigenvalue weighted by atomic mass is 10.2. The van der Waals surface area contributed by atoms with Crippen molar-refractivity contribution in [2.24, 2.45) is 0 Å². The number of ether oxygens (including phenoxy) is 1. The second-order valence-electron chi connectivity index (χ2n) is 4.10. The van der Waals surface area contributed by atoms with E-state index >= 15 is 0 Å². The number of hydrogen-bond acceptors (Lipinski definition) is 4. The van der Waals surface area contributed by atoms with Crippen molar-refractivity contribution in [3.05, 3.63) is 48.0 Å². The summed E-state index contributed by atoms with van der Waals surface area (Å²) in [5.74, 6) is 1.16. The molecule has 1 heterocycles. The molecule has 0 aromatic heterocycles. The third-order valence-corrected chi connectivity index (χ3v) is 4.13. The number of hydrogen-bond donors (Lipinski definition) is 2. The second kappa shape index (κ2) is 4.46. The van der Waals surface area contributed by atoms with Crippen LogP contribution >= 0.6 is 11.8 Å².